The highest BCUT2D eigenvalue weighted by Crippen LogP contribution is 2.32. The molecule has 5 atom stereocenters. The molecule has 0 aromatic carbocycles. The predicted molar refractivity (Wildman–Crippen MR) is 79.5 cm³/mol. The molecule has 2 aromatic heterocycles. The van der Waals surface area contributed by atoms with Crippen LogP contribution in [-0.2, 0) is 9.47 Å². The summed E-state index contributed by atoms with van der Waals surface area (Å²) < 4.78 is 12.5. The van der Waals surface area contributed by atoms with Crippen molar-refractivity contribution in [1.82, 2.24) is 19.5 Å². The van der Waals surface area contributed by atoms with Crippen molar-refractivity contribution in [2.75, 3.05) is 18.5 Å². The smallest absolute Gasteiger partial charge is 0.167 e. The molecule has 2 aromatic rings. The molecule has 4 rings (SSSR count). The van der Waals surface area contributed by atoms with E-state index in [2.05, 4.69) is 27.2 Å². The van der Waals surface area contributed by atoms with E-state index in [1.165, 1.54) is 12.7 Å². The first-order valence-electron chi connectivity index (χ1n) is 7.51. The Morgan fingerprint density at radius 2 is 2.13 bits per heavy atom. The quantitative estimate of drug-likeness (QED) is 0.692. The zero-order valence-corrected chi connectivity index (χ0v) is 12.4. The number of fused-ring (bicyclic) bond motifs is 1. The van der Waals surface area contributed by atoms with E-state index in [1.54, 1.807) is 4.57 Å². The Hall–Kier alpha value is -1.81. The summed E-state index contributed by atoms with van der Waals surface area (Å²) in [5.41, 5.74) is 1.10. The van der Waals surface area contributed by atoms with Gasteiger partial charge >= 0.3 is 0 Å². The normalized spacial score (nSPS) is 34.3. The van der Waals surface area contributed by atoms with Crippen molar-refractivity contribution in [1.29, 1.82) is 0 Å². The van der Waals surface area contributed by atoms with E-state index < -0.39 is 24.5 Å². The first kappa shape index (κ1) is 14.8. The maximum Gasteiger partial charge on any atom is 0.167 e. The summed E-state index contributed by atoms with van der Waals surface area (Å²) in [6.45, 7) is 5.03. The van der Waals surface area contributed by atoms with Crippen LogP contribution in [0.1, 0.15) is 12.6 Å². The van der Waals surface area contributed by atoms with E-state index >= 15 is 0 Å². The molecule has 0 amide bonds. The van der Waals surface area contributed by atoms with Gasteiger partial charge in [0.1, 0.15) is 18.5 Å². The molecule has 1 radical (unpaired) electrons. The number of aliphatic hydroxyl groups is 2. The lowest BCUT2D eigenvalue weighted by molar-refractivity contribution is -0.0249. The number of aromatic nitrogens is 4. The van der Waals surface area contributed by atoms with Crippen molar-refractivity contribution in [3.63, 3.8) is 0 Å². The summed E-state index contributed by atoms with van der Waals surface area (Å²) in [6.07, 6.45) is 0.230. The minimum Gasteiger partial charge on any atom is -0.388 e. The van der Waals surface area contributed by atoms with Gasteiger partial charge in [0.25, 0.3) is 0 Å². The van der Waals surface area contributed by atoms with Crippen LogP contribution >= 0.6 is 0 Å². The monoisotopic (exact) mass is 320 g/mol. The Morgan fingerprint density at radius 3 is 2.83 bits per heavy atom. The molecule has 9 nitrogen and oxygen atoms in total. The van der Waals surface area contributed by atoms with Gasteiger partial charge in [0, 0.05) is 6.61 Å². The van der Waals surface area contributed by atoms with E-state index in [-0.39, 0.29) is 6.04 Å². The molecule has 2 saturated heterocycles. The van der Waals surface area contributed by atoms with Gasteiger partial charge in [0.05, 0.1) is 25.1 Å². The lowest BCUT2D eigenvalue weighted by Crippen LogP contribution is -2.30. The largest absolute Gasteiger partial charge is 0.388 e. The number of imidazole rings is 1. The Bertz CT molecular complexity index is 702. The Labute approximate surface area is 132 Å². The minimum atomic E-state index is -1.09. The first-order chi connectivity index (χ1) is 11.1. The Balaban J connectivity index is 1.67. The number of aliphatic hydroxyl groups excluding tert-OH is 2. The molecule has 4 heterocycles. The maximum atomic E-state index is 10.1. The second-order valence-electron chi connectivity index (χ2n) is 5.80. The number of hydrogen-bond donors (Lipinski definition) is 3. The van der Waals surface area contributed by atoms with Gasteiger partial charge in [-0.05, 0) is 13.3 Å². The van der Waals surface area contributed by atoms with E-state index in [0.717, 1.165) is 13.0 Å². The fraction of sp³-hybridized carbons (Fsp3) is 0.571. The molecule has 23 heavy (non-hydrogen) atoms. The third-order valence-electron chi connectivity index (χ3n) is 4.24. The van der Waals surface area contributed by atoms with Crippen molar-refractivity contribution >= 4 is 17.0 Å². The van der Waals surface area contributed by atoms with E-state index in [0.29, 0.717) is 23.6 Å². The van der Waals surface area contributed by atoms with Crippen molar-refractivity contribution in [2.45, 2.75) is 37.0 Å². The van der Waals surface area contributed by atoms with Crippen LogP contribution in [-0.4, -0.2) is 67.3 Å². The second-order valence-corrected chi connectivity index (χ2v) is 5.80. The summed E-state index contributed by atoms with van der Waals surface area (Å²) in [6, 6.07) is 0.192. The highest BCUT2D eigenvalue weighted by molar-refractivity contribution is 5.82. The molecule has 2 aliphatic heterocycles. The summed E-state index contributed by atoms with van der Waals surface area (Å²) in [5.74, 6) is 0.614. The van der Waals surface area contributed by atoms with E-state index in [9.17, 15) is 10.2 Å². The second kappa shape index (κ2) is 5.68. The summed E-state index contributed by atoms with van der Waals surface area (Å²) in [7, 11) is 0. The van der Waals surface area contributed by atoms with Gasteiger partial charge in [-0.3, -0.25) is 4.57 Å². The third-order valence-corrected chi connectivity index (χ3v) is 4.24. The third kappa shape index (κ3) is 2.45. The Kier molecular flexibility index (Phi) is 3.64. The standard InChI is InChI=1S/C14H18N5O4/c1-7-10(20)11(21)14(23-7)19-6-17-9-12(15-5-16-13(9)19)18-8-2-3-22-4-8/h5-8,10-11,14,20-21H,1-4H2,(H,15,16,18)/t7-,8?,10-,11-,14-/m1/s1. The van der Waals surface area contributed by atoms with Crippen molar-refractivity contribution in [3.8, 4) is 0 Å². The molecule has 0 aliphatic carbocycles. The van der Waals surface area contributed by atoms with Crippen LogP contribution in [0.5, 0.6) is 0 Å². The van der Waals surface area contributed by atoms with Crippen molar-refractivity contribution in [2.24, 2.45) is 0 Å². The molecule has 2 fully saturated rings. The lowest BCUT2D eigenvalue weighted by atomic mass is 10.1. The van der Waals surface area contributed by atoms with Gasteiger partial charge in [-0.15, -0.1) is 0 Å². The van der Waals surface area contributed by atoms with Gasteiger partial charge in [-0.1, -0.05) is 0 Å². The van der Waals surface area contributed by atoms with Gasteiger partial charge in [0.2, 0.25) is 0 Å². The first-order valence-corrected chi connectivity index (χ1v) is 7.51. The van der Waals surface area contributed by atoms with Crippen LogP contribution in [0.15, 0.2) is 12.7 Å². The summed E-state index contributed by atoms with van der Waals surface area (Å²) >= 11 is 0. The fourth-order valence-corrected chi connectivity index (χ4v) is 2.94. The molecular weight excluding hydrogens is 302 g/mol. The average molecular weight is 320 g/mol. The summed E-state index contributed by atoms with van der Waals surface area (Å²) in [4.78, 5) is 12.8. The molecule has 0 bridgehead atoms. The predicted octanol–water partition coefficient (Wildman–Crippen LogP) is -0.520. The molecule has 123 valence electrons. The molecule has 3 N–H and O–H groups in total. The zero-order valence-electron chi connectivity index (χ0n) is 12.4. The van der Waals surface area contributed by atoms with Crippen LogP contribution in [0, 0.1) is 6.92 Å². The number of rotatable bonds is 3. The lowest BCUT2D eigenvalue weighted by Gasteiger charge is -2.16. The number of nitrogens with one attached hydrogen (secondary N) is 1. The van der Waals surface area contributed by atoms with Crippen LogP contribution < -0.4 is 5.32 Å². The topological polar surface area (TPSA) is 115 Å². The van der Waals surface area contributed by atoms with Crippen LogP contribution in [0.2, 0.25) is 0 Å². The SMILES string of the molecule is [CH2][C@H]1O[C@@H](n2cnc3c(NC4CCOC4)ncnc32)[C@H](O)[C@@H]1O. The average Bonchev–Trinajstić information content (AvgIpc) is 3.25. The molecule has 0 saturated carbocycles. The number of ether oxygens (including phenoxy) is 2. The molecule has 0 spiro atoms. The van der Waals surface area contributed by atoms with Gasteiger partial charge in [0.15, 0.2) is 23.2 Å². The fourth-order valence-electron chi connectivity index (χ4n) is 2.94. The highest BCUT2D eigenvalue weighted by atomic mass is 16.6. The van der Waals surface area contributed by atoms with E-state index in [1.807, 2.05) is 0 Å². The van der Waals surface area contributed by atoms with Gasteiger partial charge in [-0.2, -0.15) is 0 Å². The van der Waals surface area contributed by atoms with Crippen LogP contribution in [0.4, 0.5) is 5.82 Å². The van der Waals surface area contributed by atoms with Crippen molar-refractivity contribution < 1.29 is 19.7 Å². The van der Waals surface area contributed by atoms with Crippen LogP contribution in [0.25, 0.3) is 11.2 Å². The number of hydrogen-bond acceptors (Lipinski definition) is 8. The molecule has 9 heteroatoms. The number of nitrogens with zero attached hydrogens (tertiary/aromatic N) is 4. The van der Waals surface area contributed by atoms with Crippen molar-refractivity contribution in [3.05, 3.63) is 19.6 Å². The zero-order chi connectivity index (χ0) is 16.0. The molecular formula is C14H18N5O4. The maximum absolute atomic E-state index is 10.1. The minimum absolute atomic E-state index is 0.192. The Morgan fingerprint density at radius 1 is 1.26 bits per heavy atom. The highest BCUT2D eigenvalue weighted by Gasteiger charge is 2.42. The van der Waals surface area contributed by atoms with Gasteiger partial charge in [-0.25, -0.2) is 15.0 Å². The number of anilines is 1. The summed E-state index contributed by atoms with van der Waals surface area (Å²) in [5, 5.41) is 23.2. The molecule has 1 unspecified atom stereocenters. The van der Waals surface area contributed by atoms with Crippen LogP contribution in [0.3, 0.4) is 0 Å². The van der Waals surface area contributed by atoms with Gasteiger partial charge < -0.3 is 25.0 Å². The van der Waals surface area contributed by atoms with E-state index in [4.69, 9.17) is 9.47 Å². The molecule has 2 aliphatic rings.